The number of benzene rings is 4. The molecule has 4 aromatic carbocycles. The van der Waals surface area contributed by atoms with Crippen molar-refractivity contribution in [2.45, 2.75) is 140 Å². The van der Waals surface area contributed by atoms with Gasteiger partial charge in [0, 0.05) is 103 Å². The average Bonchev–Trinajstić information content (AvgIpc) is 4.21. The SMILES string of the molecule is CCC12C(=O)C34C5C[C@H](Cc6ccc(Cl)cc6)N(C)C3[C@@H](COC)NC4[C@H](C)N(Cc3ccc(Cl)cc3Oc3ccc(-c4cnc(CN6CCCC6)n4C)c(C)c3)C1C[C@@H](Cc1ccccc1)C2N(C)[C@@H](C)CN5. The molecule has 1 aromatic heterocycles. The summed E-state index contributed by atoms with van der Waals surface area (Å²) in [6.45, 7) is 14.3. The van der Waals surface area contributed by atoms with E-state index < -0.39 is 10.8 Å². The van der Waals surface area contributed by atoms with Crippen LogP contribution in [0, 0.1) is 23.7 Å². The second kappa shape index (κ2) is 21.0. The molecule has 2 N–H and O–H groups in total. The number of ketones is 1. The number of Topliss-reactive ketones (excluding diaryl/α,β-unsaturated/α-hetero) is 1. The van der Waals surface area contributed by atoms with Gasteiger partial charge in [-0.3, -0.25) is 24.4 Å². The van der Waals surface area contributed by atoms with Crippen LogP contribution in [0.3, 0.4) is 0 Å². The Labute approximate surface area is 450 Å². The molecule has 1 saturated carbocycles. The van der Waals surface area contributed by atoms with Crippen molar-refractivity contribution in [1.29, 1.82) is 0 Å². The number of carbonyl (C=O) groups is 1. The van der Waals surface area contributed by atoms with Crippen LogP contribution in [0.4, 0.5) is 0 Å². The van der Waals surface area contributed by atoms with Crippen molar-refractivity contribution in [3.8, 4) is 22.8 Å². The highest BCUT2D eigenvalue weighted by molar-refractivity contribution is 6.31. The molecule has 6 aliphatic rings. The number of halogens is 2. The highest BCUT2D eigenvalue weighted by Gasteiger charge is 2.77. The van der Waals surface area contributed by atoms with Crippen LogP contribution in [0.15, 0.2) is 97.2 Å². The molecule has 394 valence electrons. The first-order valence-electron chi connectivity index (χ1n) is 27.6. The molecule has 6 heterocycles. The Morgan fingerprint density at radius 2 is 1.58 bits per heavy atom. The molecule has 2 bridgehead atoms. The predicted molar refractivity (Wildman–Crippen MR) is 297 cm³/mol. The quantitative estimate of drug-likeness (QED) is 0.112. The van der Waals surface area contributed by atoms with Crippen molar-refractivity contribution in [1.82, 2.24) is 39.8 Å². The first-order chi connectivity index (χ1) is 35.8. The summed E-state index contributed by atoms with van der Waals surface area (Å²) >= 11 is 13.4. The van der Waals surface area contributed by atoms with E-state index in [0.717, 1.165) is 103 Å². The van der Waals surface area contributed by atoms with Crippen molar-refractivity contribution in [3.05, 3.63) is 135 Å². The first-order valence-corrected chi connectivity index (χ1v) is 28.3. The van der Waals surface area contributed by atoms with Gasteiger partial charge in [-0.1, -0.05) is 78.7 Å². The summed E-state index contributed by atoms with van der Waals surface area (Å²) in [7, 11) is 8.55. The van der Waals surface area contributed by atoms with Crippen molar-refractivity contribution < 1.29 is 14.3 Å². The molecule has 5 aromatic rings. The molecule has 1 spiro atoms. The van der Waals surface area contributed by atoms with Gasteiger partial charge in [0.2, 0.25) is 0 Å². The molecule has 5 saturated heterocycles. The third-order valence-electron chi connectivity index (χ3n) is 19.4. The van der Waals surface area contributed by atoms with Gasteiger partial charge in [0.15, 0.2) is 5.78 Å². The Morgan fingerprint density at radius 1 is 0.838 bits per heavy atom. The highest BCUT2D eigenvalue weighted by Crippen LogP contribution is 2.63. The number of rotatable bonds is 14. The fourth-order valence-corrected chi connectivity index (χ4v) is 16.1. The molecule has 5 aliphatic heterocycles. The van der Waals surface area contributed by atoms with Crippen LogP contribution in [0.1, 0.15) is 81.0 Å². The molecule has 11 nitrogen and oxygen atoms in total. The smallest absolute Gasteiger partial charge is 0.153 e. The van der Waals surface area contributed by atoms with Crippen molar-refractivity contribution in [2.75, 3.05) is 47.4 Å². The fraction of sp³-hybridized carbons (Fsp3) is 0.541. The molecular formula is C61H78Cl2N8O3. The first kappa shape index (κ1) is 51.9. The minimum Gasteiger partial charge on any atom is -0.457 e. The molecule has 6 fully saturated rings. The summed E-state index contributed by atoms with van der Waals surface area (Å²) in [6.07, 6.45) is 8.78. The number of aryl methyl sites for hydroxylation is 1. The van der Waals surface area contributed by atoms with Crippen LogP contribution < -0.4 is 15.4 Å². The Kier molecular flexibility index (Phi) is 14.7. The van der Waals surface area contributed by atoms with Crippen LogP contribution in [0.2, 0.25) is 10.0 Å². The van der Waals surface area contributed by atoms with Crippen LogP contribution in [-0.4, -0.2) is 137 Å². The number of hydrogen-bond donors (Lipinski definition) is 2. The van der Waals surface area contributed by atoms with E-state index in [-0.39, 0.29) is 60.3 Å². The summed E-state index contributed by atoms with van der Waals surface area (Å²) in [5.74, 6) is 3.24. The van der Waals surface area contributed by atoms with Gasteiger partial charge in [0.1, 0.15) is 17.3 Å². The third kappa shape index (κ3) is 8.88. The van der Waals surface area contributed by atoms with E-state index in [1.165, 1.54) is 24.0 Å². The Morgan fingerprint density at radius 3 is 2.31 bits per heavy atom. The zero-order valence-corrected chi connectivity index (χ0v) is 46.4. The summed E-state index contributed by atoms with van der Waals surface area (Å²) in [6, 6.07) is 31.7. The number of carbonyl (C=O) groups excluding carboxylic acids is 1. The van der Waals surface area contributed by atoms with Gasteiger partial charge < -0.3 is 24.7 Å². The van der Waals surface area contributed by atoms with E-state index in [9.17, 15) is 0 Å². The van der Waals surface area contributed by atoms with E-state index in [4.69, 9.17) is 37.7 Å². The number of methoxy groups -OCH3 is 1. The van der Waals surface area contributed by atoms with Gasteiger partial charge in [-0.2, -0.15) is 0 Å². The highest BCUT2D eigenvalue weighted by atomic mass is 35.5. The van der Waals surface area contributed by atoms with E-state index in [1.807, 2.05) is 37.6 Å². The molecule has 0 radical (unpaired) electrons. The van der Waals surface area contributed by atoms with Gasteiger partial charge in [-0.15, -0.1) is 0 Å². The van der Waals surface area contributed by atoms with Crippen LogP contribution >= 0.6 is 23.2 Å². The number of likely N-dealkylation sites (tertiary alicyclic amines) is 3. The lowest BCUT2D eigenvalue weighted by atomic mass is 9.54. The molecule has 0 amide bonds. The molecule has 7 unspecified atom stereocenters. The maximum atomic E-state index is 17.5. The van der Waals surface area contributed by atoms with E-state index in [2.05, 4.69) is 150 Å². The third-order valence-corrected chi connectivity index (χ3v) is 19.9. The summed E-state index contributed by atoms with van der Waals surface area (Å²) in [4.78, 5) is 32.9. The van der Waals surface area contributed by atoms with Crippen molar-refractivity contribution in [3.63, 3.8) is 0 Å². The van der Waals surface area contributed by atoms with Gasteiger partial charge in [0.05, 0.1) is 35.9 Å². The molecular weight excluding hydrogens is 964 g/mol. The average molecular weight is 1040 g/mol. The minimum absolute atomic E-state index is 0.000885. The van der Waals surface area contributed by atoms with Crippen molar-refractivity contribution in [2.24, 2.45) is 23.8 Å². The Hall–Kier alpha value is -4.14. The largest absolute Gasteiger partial charge is 0.457 e. The number of imidazole rings is 1. The van der Waals surface area contributed by atoms with Crippen LogP contribution in [0.5, 0.6) is 11.5 Å². The molecule has 11 rings (SSSR count). The van der Waals surface area contributed by atoms with E-state index >= 15 is 4.79 Å². The van der Waals surface area contributed by atoms with E-state index in [0.29, 0.717) is 24.0 Å². The molecule has 12 atom stereocenters. The zero-order chi connectivity index (χ0) is 51.6. The second-order valence-corrected chi connectivity index (χ2v) is 24.0. The number of ether oxygens (including phenoxy) is 2. The molecule has 74 heavy (non-hydrogen) atoms. The predicted octanol–water partition coefficient (Wildman–Crippen LogP) is 9.84. The number of nitrogens with zero attached hydrogens (tertiary/aromatic N) is 6. The number of likely N-dealkylation sites (N-methyl/N-ethyl adjacent to an activating group) is 2. The Bertz CT molecular complexity index is 2800. The van der Waals surface area contributed by atoms with Gasteiger partial charge >= 0.3 is 0 Å². The number of aromatic nitrogens is 2. The number of piperidine rings is 1. The van der Waals surface area contributed by atoms with Crippen LogP contribution in [0.25, 0.3) is 11.3 Å². The minimum atomic E-state index is -0.775. The molecule has 13 heteroatoms. The summed E-state index contributed by atoms with van der Waals surface area (Å²) in [5, 5.41) is 9.86. The van der Waals surface area contributed by atoms with Crippen molar-refractivity contribution >= 4 is 29.0 Å². The number of nitrogens with one attached hydrogen (secondary N) is 2. The Balaban J connectivity index is 1.01. The lowest BCUT2D eigenvalue weighted by molar-refractivity contribution is -0.154. The van der Waals surface area contributed by atoms with Crippen LogP contribution in [-0.2, 0) is 42.5 Å². The van der Waals surface area contributed by atoms with E-state index in [1.54, 1.807) is 0 Å². The topological polar surface area (TPSA) is 90.4 Å². The lowest BCUT2D eigenvalue weighted by Gasteiger charge is -2.57. The van der Waals surface area contributed by atoms with Gasteiger partial charge in [0.25, 0.3) is 0 Å². The fourth-order valence-electron chi connectivity index (χ4n) is 15.8. The zero-order valence-electron chi connectivity index (χ0n) is 44.9. The van der Waals surface area contributed by atoms with Gasteiger partial charge in [-0.05, 0) is 158 Å². The van der Waals surface area contributed by atoms with Gasteiger partial charge in [-0.25, -0.2) is 4.98 Å². The summed E-state index contributed by atoms with van der Waals surface area (Å²) in [5.41, 5.74) is 5.50. The monoisotopic (exact) mass is 1040 g/mol. The standard InChI is InChI=1S/C61H78Cl2N8O3/c1-9-60-54-30-44(28-41-15-11-10-12-16-41)57(60)67(5)39(3)33-64-53-32-47(29-42-17-20-45(62)21-18-42)68(6)58-50(37-73-8)66-56(61(53,58)59(60)72)40(4)71(54)35-43-19-22-46(63)31-52(43)74-48-23-24-49(38(2)27-48)51-34-65-55(69(51)7)36-70-25-13-14-26-70/h10-12,15-24,27,31,34,39-40,44,47,50,53-54,56-58,64,66H,9,13-14,25-26,28-30,32-33,35-37H2,1-8H3/t39-,40-,44+,47-,50+,53?,54?,56?,57?,58?,60?,61?/m0/s1. The normalized spacial score (nSPS) is 32.5. The maximum absolute atomic E-state index is 17.5. The maximum Gasteiger partial charge on any atom is 0.153 e. The molecule has 1 aliphatic carbocycles. The lowest BCUT2D eigenvalue weighted by Crippen LogP contribution is -2.73. The second-order valence-electron chi connectivity index (χ2n) is 23.2. The number of hydrogen-bond acceptors (Lipinski definition) is 10. The summed E-state index contributed by atoms with van der Waals surface area (Å²) < 4.78 is 15.4.